The molecule has 0 saturated carbocycles. The van der Waals surface area contributed by atoms with Gasteiger partial charge in [-0.2, -0.15) is 0 Å². The summed E-state index contributed by atoms with van der Waals surface area (Å²) in [6.07, 6.45) is 0.148. The molecule has 1 atom stereocenters. The summed E-state index contributed by atoms with van der Waals surface area (Å²) in [6.45, 7) is 10.6. The summed E-state index contributed by atoms with van der Waals surface area (Å²) in [4.78, 5) is 24.8. The van der Waals surface area contributed by atoms with Crippen LogP contribution in [0.4, 0.5) is 0 Å². The van der Waals surface area contributed by atoms with Crippen molar-refractivity contribution in [3.8, 4) is 0 Å². The molecule has 0 fully saturated rings. The van der Waals surface area contributed by atoms with E-state index in [1.165, 1.54) is 0 Å². The lowest BCUT2D eigenvalue weighted by atomic mass is 10.1. The third-order valence-electron chi connectivity index (χ3n) is 5.69. The highest BCUT2D eigenvalue weighted by Gasteiger charge is 2.13. The predicted octanol–water partition coefficient (Wildman–Crippen LogP) is -0.212. The number of azide groups is 1. The Hall–Kier alpha value is -2.23. The SMILES string of the molecule is [N-]=[N+]=NCCOCCOCCOCCOCCOCCOCCOCCOCCOCCOCCOCCNC(=O)CCC(N)C(=O)O. The Bertz CT molecular complexity index is 768. The van der Waals surface area contributed by atoms with Crippen LogP contribution < -0.4 is 11.1 Å². The topological polar surface area (TPSA) is 243 Å². The zero-order valence-corrected chi connectivity index (χ0v) is 28.1. The highest BCUT2D eigenvalue weighted by atomic mass is 16.6. The van der Waals surface area contributed by atoms with Crippen LogP contribution in [-0.4, -0.2) is 181 Å². The van der Waals surface area contributed by atoms with Gasteiger partial charge in [0.2, 0.25) is 5.91 Å². The number of carboxylic acids is 1. The number of rotatable bonds is 40. The van der Waals surface area contributed by atoms with E-state index < -0.39 is 12.0 Å². The van der Waals surface area contributed by atoms with Gasteiger partial charge >= 0.3 is 5.97 Å². The van der Waals surface area contributed by atoms with Gasteiger partial charge in [0.25, 0.3) is 0 Å². The molecule has 0 saturated heterocycles. The molecule has 0 aromatic carbocycles. The quantitative estimate of drug-likeness (QED) is 0.0324. The molecule has 19 nitrogen and oxygen atoms in total. The van der Waals surface area contributed by atoms with E-state index in [0.717, 1.165) is 0 Å². The Morgan fingerprint density at radius 2 is 0.854 bits per heavy atom. The van der Waals surface area contributed by atoms with E-state index in [0.29, 0.717) is 158 Å². The summed E-state index contributed by atoms with van der Waals surface area (Å²) in [7, 11) is 0. The number of aliphatic carboxylic acids is 1. The van der Waals surface area contributed by atoms with E-state index in [1.54, 1.807) is 0 Å². The first-order chi connectivity index (χ1) is 23.6. The van der Waals surface area contributed by atoms with Gasteiger partial charge in [0.05, 0.1) is 145 Å². The van der Waals surface area contributed by atoms with Crippen molar-refractivity contribution in [1.29, 1.82) is 0 Å². The third-order valence-corrected chi connectivity index (χ3v) is 5.69. The zero-order chi connectivity index (χ0) is 35.0. The second kappa shape index (κ2) is 39.2. The van der Waals surface area contributed by atoms with Crippen LogP contribution in [0.1, 0.15) is 12.8 Å². The van der Waals surface area contributed by atoms with Crippen molar-refractivity contribution >= 4 is 11.9 Å². The Labute approximate surface area is 282 Å². The van der Waals surface area contributed by atoms with Crippen molar-refractivity contribution in [3.05, 3.63) is 10.4 Å². The summed E-state index contributed by atoms with van der Waals surface area (Å²) in [5.41, 5.74) is 13.5. The van der Waals surface area contributed by atoms with Gasteiger partial charge in [-0.15, -0.1) is 0 Å². The zero-order valence-electron chi connectivity index (χ0n) is 28.1. The number of nitrogens with zero attached hydrogens (tertiary/aromatic N) is 3. The number of carbonyl (C=O) groups is 2. The van der Waals surface area contributed by atoms with Crippen molar-refractivity contribution in [1.82, 2.24) is 5.32 Å². The number of hydrogen-bond donors (Lipinski definition) is 3. The molecule has 0 spiro atoms. The molecule has 0 aromatic rings. The van der Waals surface area contributed by atoms with E-state index in [2.05, 4.69) is 15.3 Å². The number of carboxylic acid groups (broad SMARTS) is 1. The van der Waals surface area contributed by atoms with Crippen LogP contribution >= 0.6 is 0 Å². The monoisotopic (exact) mass is 699 g/mol. The molecule has 0 heterocycles. The van der Waals surface area contributed by atoms with Gasteiger partial charge in [-0.05, 0) is 12.0 Å². The standard InChI is InChI=1S/C29H57N5O14/c30-27(29(36)37)1-2-28(35)32-3-5-38-7-9-40-11-13-42-15-17-44-19-21-46-23-25-48-26-24-47-22-20-45-18-16-43-14-12-41-10-8-39-6-4-33-34-31/h27H,1-26,30H2,(H,32,35)(H,36,37). The minimum atomic E-state index is -1.12. The number of hydrogen-bond acceptors (Lipinski definition) is 15. The minimum absolute atomic E-state index is 0.0578. The molecule has 0 aliphatic rings. The number of ether oxygens (including phenoxy) is 11. The van der Waals surface area contributed by atoms with Crippen LogP contribution in [0.2, 0.25) is 0 Å². The van der Waals surface area contributed by atoms with Crippen molar-refractivity contribution in [2.75, 3.05) is 158 Å². The Morgan fingerprint density at radius 1 is 0.562 bits per heavy atom. The average molecular weight is 700 g/mol. The third kappa shape index (κ3) is 38.2. The van der Waals surface area contributed by atoms with E-state index in [-0.39, 0.29) is 18.7 Å². The van der Waals surface area contributed by atoms with E-state index >= 15 is 0 Å². The highest BCUT2D eigenvalue weighted by molar-refractivity contribution is 5.78. The molecule has 1 amide bonds. The van der Waals surface area contributed by atoms with Gasteiger partial charge in [0.1, 0.15) is 6.04 Å². The molecule has 0 aliphatic carbocycles. The molecular formula is C29H57N5O14. The van der Waals surface area contributed by atoms with E-state index in [1.807, 2.05) is 0 Å². The Morgan fingerprint density at radius 3 is 1.15 bits per heavy atom. The number of amides is 1. The van der Waals surface area contributed by atoms with Crippen LogP contribution in [0.3, 0.4) is 0 Å². The van der Waals surface area contributed by atoms with Gasteiger partial charge in [-0.1, -0.05) is 5.11 Å². The van der Waals surface area contributed by atoms with Crippen molar-refractivity contribution in [2.45, 2.75) is 18.9 Å². The molecule has 0 bridgehead atoms. The highest BCUT2D eigenvalue weighted by Crippen LogP contribution is 1.94. The first-order valence-electron chi connectivity index (χ1n) is 16.2. The summed E-state index contributed by atoms with van der Waals surface area (Å²) >= 11 is 0. The first kappa shape index (κ1) is 45.8. The second-order valence-electron chi connectivity index (χ2n) is 9.52. The van der Waals surface area contributed by atoms with Crippen LogP contribution in [0.15, 0.2) is 5.11 Å². The van der Waals surface area contributed by atoms with Gasteiger partial charge in [-0.3, -0.25) is 9.59 Å². The van der Waals surface area contributed by atoms with E-state index in [9.17, 15) is 9.59 Å². The number of nitrogens with two attached hydrogens (primary N) is 1. The van der Waals surface area contributed by atoms with Crippen LogP contribution in [0, 0.1) is 0 Å². The van der Waals surface area contributed by atoms with Gasteiger partial charge < -0.3 is 68.3 Å². The molecular weight excluding hydrogens is 642 g/mol. The van der Waals surface area contributed by atoms with Crippen molar-refractivity contribution in [2.24, 2.45) is 10.8 Å². The van der Waals surface area contributed by atoms with Gasteiger partial charge in [-0.25, -0.2) is 0 Å². The fourth-order valence-electron chi connectivity index (χ4n) is 3.21. The smallest absolute Gasteiger partial charge is 0.320 e. The molecule has 48 heavy (non-hydrogen) atoms. The van der Waals surface area contributed by atoms with Gasteiger partial charge in [0.15, 0.2) is 0 Å². The predicted molar refractivity (Wildman–Crippen MR) is 171 cm³/mol. The van der Waals surface area contributed by atoms with Crippen molar-refractivity contribution in [3.63, 3.8) is 0 Å². The Kier molecular flexibility index (Phi) is 37.4. The molecule has 0 aliphatic heterocycles. The second-order valence-corrected chi connectivity index (χ2v) is 9.52. The van der Waals surface area contributed by atoms with E-state index in [4.69, 9.17) is 68.5 Å². The number of carbonyl (C=O) groups excluding carboxylic acids is 1. The number of nitrogens with one attached hydrogen (secondary N) is 1. The molecule has 0 rings (SSSR count). The van der Waals surface area contributed by atoms with Crippen LogP contribution in [-0.2, 0) is 61.7 Å². The van der Waals surface area contributed by atoms with Crippen LogP contribution in [0.5, 0.6) is 0 Å². The summed E-state index contributed by atoms with van der Waals surface area (Å²) in [5, 5.41) is 14.7. The summed E-state index contributed by atoms with van der Waals surface area (Å²) in [6, 6.07) is -1.03. The maximum atomic E-state index is 11.6. The molecule has 282 valence electrons. The fourth-order valence-corrected chi connectivity index (χ4v) is 3.21. The molecule has 0 radical (unpaired) electrons. The normalized spacial score (nSPS) is 11.8. The molecule has 19 heteroatoms. The lowest BCUT2D eigenvalue weighted by Gasteiger charge is -2.09. The minimum Gasteiger partial charge on any atom is -0.480 e. The summed E-state index contributed by atoms with van der Waals surface area (Å²) < 4.78 is 59.4. The molecule has 0 aromatic heterocycles. The maximum absolute atomic E-state index is 11.6. The van der Waals surface area contributed by atoms with Crippen LogP contribution in [0.25, 0.3) is 10.4 Å². The molecule has 4 N–H and O–H groups in total. The maximum Gasteiger partial charge on any atom is 0.320 e. The lowest BCUT2D eigenvalue weighted by Crippen LogP contribution is -2.33. The largest absolute Gasteiger partial charge is 0.480 e. The van der Waals surface area contributed by atoms with Gasteiger partial charge in [0, 0.05) is 24.4 Å². The summed E-state index contributed by atoms with van der Waals surface area (Å²) in [5.74, 6) is -1.38. The first-order valence-corrected chi connectivity index (χ1v) is 16.2. The molecule has 1 unspecified atom stereocenters. The lowest BCUT2D eigenvalue weighted by molar-refractivity contribution is -0.138. The Balaban J connectivity index is 3.12. The fraction of sp³-hybridized carbons (Fsp3) is 0.931. The average Bonchev–Trinajstić information content (AvgIpc) is 3.08. The van der Waals surface area contributed by atoms with Crippen molar-refractivity contribution < 1.29 is 66.8 Å².